The Morgan fingerprint density at radius 3 is 1.64 bits per heavy atom. The minimum Gasteiger partial charge on any atom is -0.380 e. The molecule has 0 amide bonds. The van der Waals surface area contributed by atoms with E-state index in [0.29, 0.717) is 38.9 Å². The molecule has 0 unspecified atom stereocenters. The van der Waals surface area contributed by atoms with Gasteiger partial charge >= 0.3 is 0 Å². The molecular weight excluding hydrogens is 270 g/mol. The third-order valence-electron chi connectivity index (χ3n) is 5.21. The number of aliphatic hydroxyl groups is 1. The minimum absolute atomic E-state index is 0.397. The molecule has 2 bridgehead atoms. The summed E-state index contributed by atoms with van der Waals surface area (Å²) in [7, 11) is 0. The van der Waals surface area contributed by atoms with E-state index in [0.717, 1.165) is 0 Å². The summed E-state index contributed by atoms with van der Waals surface area (Å²) in [5.74, 6) is 0. The van der Waals surface area contributed by atoms with E-state index in [-0.39, 0.29) is 0 Å². The Morgan fingerprint density at radius 1 is 0.818 bits per heavy atom. The van der Waals surface area contributed by atoms with Crippen LogP contribution in [0.1, 0.15) is 44.1 Å². The van der Waals surface area contributed by atoms with E-state index in [9.17, 15) is 5.11 Å². The highest BCUT2D eigenvalue weighted by Gasteiger charge is 2.55. The summed E-state index contributed by atoms with van der Waals surface area (Å²) in [6.45, 7) is 1.79. The predicted molar refractivity (Wildman–Crippen MR) is 88.6 cm³/mol. The quantitative estimate of drug-likeness (QED) is 0.939. The first-order valence-electron chi connectivity index (χ1n) is 12.5. The Bertz CT molecular complexity index is 985. The van der Waals surface area contributed by atoms with Gasteiger partial charge in [0.2, 0.25) is 0 Å². The highest BCUT2D eigenvalue weighted by Crippen LogP contribution is 2.55. The number of benzene rings is 2. The van der Waals surface area contributed by atoms with E-state index in [1.807, 2.05) is 0 Å². The highest BCUT2D eigenvalue weighted by molar-refractivity contribution is 5.39. The molecule has 0 atom stereocenters. The molecule has 3 fully saturated rings. The molecule has 3 heterocycles. The van der Waals surface area contributed by atoms with E-state index >= 15 is 0 Å². The van der Waals surface area contributed by atoms with Crippen LogP contribution in [0, 0.1) is 5.41 Å². The largest absolute Gasteiger partial charge is 0.380 e. The van der Waals surface area contributed by atoms with E-state index < -0.39 is 82.6 Å². The third kappa shape index (κ3) is 1.94. The third-order valence-corrected chi connectivity index (χ3v) is 5.21. The smallest absolute Gasteiger partial charge is 0.120 e. The van der Waals surface area contributed by atoms with Crippen LogP contribution in [0.25, 0.3) is 0 Å². The monoisotopic (exact) mass is 303 g/mol. The van der Waals surface area contributed by atoms with Gasteiger partial charge in [0.1, 0.15) is 5.60 Å². The Kier molecular flexibility index (Phi) is 1.63. The molecule has 3 saturated heterocycles. The van der Waals surface area contributed by atoms with Crippen LogP contribution < -0.4 is 0 Å². The number of fused-ring (bicyclic) bond motifs is 3. The molecule has 0 aliphatic carbocycles. The van der Waals surface area contributed by atoms with Crippen LogP contribution in [0.5, 0.6) is 0 Å². The highest BCUT2D eigenvalue weighted by atomic mass is 16.3. The molecule has 5 rings (SSSR count). The first-order chi connectivity index (χ1) is 14.9. The zero-order valence-corrected chi connectivity index (χ0v) is 12.1. The maximum atomic E-state index is 12.5. The molecule has 3 aliphatic heterocycles. The van der Waals surface area contributed by atoms with Crippen molar-refractivity contribution in [3.63, 3.8) is 0 Å². The lowest BCUT2D eigenvalue weighted by Gasteiger charge is -2.56. The summed E-state index contributed by atoms with van der Waals surface area (Å²) in [4.78, 5) is 2.19. The Balaban J connectivity index is 2.19. The number of hydrogen-bond donors (Lipinski definition) is 1. The van der Waals surface area contributed by atoms with E-state index in [2.05, 4.69) is 4.90 Å². The van der Waals surface area contributed by atoms with Crippen molar-refractivity contribution in [1.29, 1.82) is 0 Å². The summed E-state index contributed by atoms with van der Waals surface area (Å²) in [6, 6.07) is -6.34. The van der Waals surface area contributed by atoms with Gasteiger partial charge in [-0.3, -0.25) is 0 Å². The summed E-state index contributed by atoms with van der Waals surface area (Å²) in [6.07, 6.45) is 1.19. The zero-order chi connectivity index (χ0) is 23.7. The maximum absolute atomic E-state index is 12.5. The van der Waals surface area contributed by atoms with E-state index in [4.69, 9.17) is 13.7 Å². The second kappa shape index (κ2) is 5.22. The maximum Gasteiger partial charge on any atom is 0.120 e. The van der Waals surface area contributed by atoms with Gasteiger partial charge in [0, 0.05) is 5.41 Å². The fourth-order valence-electron chi connectivity index (χ4n) is 3.89. The summed E-state index contributed by atoms with van der Waals surface area (Å²) in [5.41, 5.74) is -4.29. The first kappa shape index (κ1) is 6.86. The molecule has 22 heavy (non-hydrogen) atoms. The van der Waals surface area contributed by atoms with Crippen molar-refractivity contribution >= 4 is 0 Å². The topological polar surface area (TPSA) is 23.5 Å². The number of hydrogen-bond acceptors (Lipinski definition) is 2. The van der Waals surface area contributed by atoms with Gasteiger partial charge in [-0.2, -0.15) is 0 Å². The van der Waals surface area contributed by atoms with E-state index in [1.165, 1.54) is 0 Å². The molecule has 0 saturated carbocycles. The van der Waals surface area contributed by atoms with Crippen LogP contribution in [-0.4, -0.2) is 29.6 Å². The summed E-state index contributed by atoms with van der Waals surface area (Å²) >= 11 is 0. The first-order valence-corrected chi connectivity index (χ1v) is 7.48. The van der Waals surface area contributed by atoms with Crippen molar-refractivity contribution in [2.24, 2.45) is 5.41 Å². The van der Waals surface area contributed by atoms with Gasteiger partial charge in [-0.05, 0) is 50.0 Å². The van der Waals surface area contributed by atoms with E-state index in [1.54, 1.807) is 0 Å². The van der Waals surface area contributed by atoms with Gasteiger partial charge in [0.05, 0.1) is 13.7 Å². The molecule has 2 heteroatoms. The van der Waals surface area contributed by atoms with Crippen molar-refractivity contribution in [3.05, 3.63) is 71.6 Å². The normalized spacial score (nSPS) is 34.1. The lowest BCUT2D eigenvalue weighted by atomic mass is 9.57. The van der Waals surface area contributed by atoms with Gasteiger partial charge < -0.3 is 10.0 Å². The average Bonchev–Trinajstić information content (AvgIpc) is 2.80. The molecule has 3 aliphatic rings. The van der Waals surface area contributed by atoms with Crippen LogP contribution in [0.15, 0.2) is 60.4 Å². The van der Waals surface area contributed by atoms with Gasteiger partial charge in [-0.15, -0.1) is 0 Å². The molecule has 2 aromatic carbocycles. The summed E-state index contributed by atoms with van der Waals surface area (Å²) in [5, 5.41) is 12.5. The van der Waals surface area contributed by atoms with Gasteiger partial charge in [-0.25, -0.2) is 0 Å². The lowest BCUT2D eigenvalue weighted by molar-refractivity contribution is -0.125. The average molecular weight is 303 g/mol. The molecule has 2 aromatic rings. The van der Waals surface area contributed by atoms with Crippen LogP contribution >= 0.6 is 0 Å². The summed E-state index contributed by atoms with van der Waals surface area (Å²) < 4.78 is 82.5. The van der Waals surface area contributed by atoms with Crippen LogP contribution in [0.4, 0.5) is 0 Å². The van der Waals surface area contributed by atoms with Crippen molar-refractivity contribution in [1.82, 2.24) is 4.90 Å². The predicted octanol–water partition coefficient (Wildman–Crippen LogP) is 3.41. The Labute approximate surface area is 146 Å². The fraction of sp³-hybridized carbons (Fsp3) is 0.400. The second-order valence-electron chi connectivity index (χ2n) is 6.08. The van der Waals surface area contributed by atoms with Crippen LogP contribution in [0.2, 0.25) is 0 Å². The Morgan fingerprint density at radius 2 is 1.23 bits per heavy atom. The molecule has 114 valence electrons. The van der Waals surface area contributed by atoms with Crippen LogP contribution in [-0.2, 0) is 5.60 Å². The van der Waals surface area contributed by atoms with Crippen LogP contribution in [0.3, 0.4) is 0 Å². The number of rotatable bonds is 3. The molecule has 0 radical (unpaired) electrons. The van der Waals surface area contributed by atoms with Gasteiger partial charge in [0.25, 0.3) is 0 Å². The molecule has 0 spiro atoms. The molecule has 0 aromatic heterocycles. The standard InChI is InChI=1S/C20H23NO/c22-20(17-7-3-1-4-8-17,18-9-5-2-6-10-18)19-11-14-21(15-12-19)16-13-19/h1-10,22H,11-16H2/i1D,2D,3D,4D,5D,6D,7D,8D,9D,10D. The van der Waals surface area contributed by atoms with Gasteiger partial charge in [0.15, 0.2) is 0 Å². The minimum atomic E-state index is -2.37. The Hall–Kier alpha value is -1.64. The lowest BCUT2D eigenvalue weighted by Crippen LogP contribution is -2.58. The van der Waals surface area contributed by atoms with Crippen molar-refractivity contribution in [2.45, 2.75) is 24.9 Å². The van der Waals surface area contributed by atoms with Crippen molar-refractivity contribution in [2.75, 3.05) is 19.6 Å². The fourth-order valence-corrected chi connectivity index (χ4v) is 3.89. The van der Waals surface area contributed by atoms with Gasteiger partial charge in [-0.1, -0.05) is 60.4 Å². The zero-order valence-electron chi connectivity index (χ0n) is 22.1. The number of piperidine rings is 3. The van der Waals surface area contributed by atoms with Crippen molar-refractivity contribution in [3.8, 4) is 0 Å². The molecule has 2 nitrogen and oxygen atoms in total. The number of nitrogens with zero attached hydrogens (tertiary/aromatic N) is 1. The second-order valence-corrected chi connectivity index (χ2v) is 6.08. The molecular formula is C20H23NO. The SMILES string of the molecule is [2H]c1c([2H])c([2H])c(C(O)(c2c([2H])c([2H])c([2H])c([2H])c2[2H])C23CCN(CC2)CC3)c([2H])c1[2H]. The molecule has 1 N–H and O–H groups in total. The van der Waals surface area contributed by atoms with Crippen molar-refractivity contribution < 1.29 is 18.8 Å².